The molecule has 0 atom stereocenters. The van der Waals surface area contributed by atoms with Gasteiger partial charge in [0.05, 0.1) is 21.2 Å². The molecular formula is C13H16Br2O3. The van der Waals surface area contributed by atoms with Crippen LogP contribution in [0.25, 0.3) is 0 Å². The van der Waals surface area contributed by atoms with Crippen LogP contribution >= 0.6 is 31.9 Å². The van der Waals surface area contributed by atoms with Gasteiger partial charge in [-0.15, -0.1) is 0 Å². The Kier molecular flexibility index (Phi) is 4.69. The van der Waals surface area contributed by atoms with Crippen molar-refractivity contribution < 1.29 is 14.9 Å². The Morgan fingerprint density at radius 3 is 2.22 bits per heavy atom. The molecule has 1 aliphatic rings. The number of ether oxygens (including phenoxy) is 1. The summed E-state index contributed by atoms with van der Waals surface area (Å²) < 4.78 is 7.29. The molecule has 0 bridgehead atoms. The molecule has 2 N–H and O–H groups in total. The van der Waals surface area contributed by atoms with Gasteiger partial charge in [0, 0.05) is 0 Å². The van der Waals surface area contributed by atoms with E-state index in [0.717, 1.165) is 40.2 Å². The summed E-state index contributed by atoms with van der Waals surface area (Å²) in [5.74, 6) is 0.674. The van der Waals surface area contributed by atoms with Crippen molar-refractivity contribution in [1.29, 1.82) is 0 Å². The van der Waals surface area contributed by atoms with Gasteiger partial charge < -0.3 is 14.9 Å². The molecule has 0 heterocycles. The van der Waals surface area contributed by atoms with Crippen molar-refractivity contribution in [3.8, 4) is 5.75 Å². The number of aliphatic hydroxyl groups is 2. The Bertz CT molecular complexity index is 405. The van der Waals surface area contributed by atoms with Crippen molar-refractivity contribution in [3.63, 3.8) is 0 Å². The summed E-state index contributed by atoms with van der Waals surface area (Å²) in [6.07, 6.45) is 3.73. The molecule has 1 aromatic rings. The van der Waals surface area contributed by atoms with Crippen LogP contribution in [-0.4, -0.2) is 22.4 Å². The third kappa shape index (κ3) is 3.26. The van der Waals surface area contributed by atoms with Crippen molar-refractivity contribution in [2.24, 2.45) is 0 Å². The van der Waals surface area contributed by atoms with E-state index in [1.807, 2.05) is 12.1 Å². The lowest BCUT2D eigenvalue weighted by atomic mass is 10.0. The van der Waals surface area contributed by atoms with Gasteiger partial charge in [-0.2, -0.15) is 0 Å². The summed E-state index contributed by atoms with van der Waals surface area (Å²) in [5, 5.41) is 19.3. The predicted molar refractivity (Wildman–Crippen MR) is 76.7 cm³/mol. The van der Waals surface area contributed by atoms with E-state index in [4.69, 9.17) is 9.84 Å². The molecule has 0 aliphatic heterocycles. The summed E-state index contributed by atoms with van der Waals surface area (Å²) in [6, 6.07) is 3.64. The van der Waals surface area contributed by atoms with E-state index in [1.165, 1.54) is 0 Å². The molecule has 0 saturated heterocycles. The number of aliphatic hydroxyl groups excluding tert-OH is 1. The van der Waals surface area contributed by atoms with Crippen LogP contribution in [0.3, 0.4) is 0 Å². The van der Waals surface area contributed by atoms with Crippen LogP contribution in [0.2, 0.25) is 0 Å². The second-order valence-corrected chi connectivity index (χ2v) is 6.48. The Balaban J connectivity index is 2.09. The molecule has 1 aromatic carbocycles. The SMILES string of the molecule is OCc1cc(Br)c(OCC2(O)CCCC2)c(Br)c1. The van der Waals surface area contributed by atoms with Crippen LogP contribution in [0.4, 0.5) is 0 Å². The van der Waals surface area contributed by atoms with Gasteiger partial charge in [-0.25, -0.2) is 0 Å². The Labute approximate surface area is 123 Å². The fourth-order valence-corrected chi connectivity index (χ4v) is 3.74. The molecule has 0 radical (unpaired) electrons. The van der Waals surface area contributed by atoms with E-state index < -0.39 is 5.60 Å². The van der Waals surface area contributed by atoms with Crippen LogP contribution < -0.4 is 4.74 Å². The van der Waals surface area contributed by atoms with Crippen LogP contribution in [0.1, 0.15) is 31.2 Å². The first kappa shape index (κ1) is 14.3. The first-order valence-corrected chi connectivity index (χ1v) is 7.57. The average molecular weight is 380 g/mol. The quantitative estimate of drug-likeness (QED) is 0.842. The van der Waals surface area contributed by atoms with Crippen molar-refractivity contribution in [2.75, 3.05) is 6.61 Å². The van der Waals surface area contributed by atoms with Gasteiger partial charge in [0.1, 0.15) is 12.4 Å². The standard InChI is InChI=1S/C13H16Br2O3/c14-10-5-9(7-16)6-11(15)12(10)18-8-13(17)3-1-2-4-13/h5-6,16-17H,1-4,7-8H2. The lowest BCUT2D eigenvalue weighted by Crippen LogP contribution is -2.32. The molecule has 1 aliphatic carbocycles. The lowest BCUT2D eigenvalue weighted by Gasteiger charge is -2.23. The number of benzene rings is 1. The number of rotatable bonds is 4. The van der Waals surface area contributed by atoms with Crippen LogP contribution in [0, 0.1) is 0 Å². The smallest absolute Gasteiger partial charge is 0.147 e. The summed E-state index contributed by atoms with van der Waals surface area (Å²) >= 11 is 6.84. The molecule has 5 heteroatoms. The molecule has 100 valence electrons. The molecule has 0 aromatic heterocycles. The van der Waals surface area contributed by atoms with Gasteiger partial charge in [0.15, 0.2) is 0 Å². The Morgan fingerprint density at radius 1 is 1.17 bits per heavy atom. The maximum atomic E-state index is 10.2. The number of hydrogen-bond donors (Lipinski definition) is 2. The maximum Gasteiger partial charge on any atom is 0.147 e. The van der Waals surface area contributed by atoms with E-state index >= 15 is 0 Å². The molecule has 1 saturated carbocycles. The average Bonchev–Trinajstić information content (AvgIpc) is 2.75. The lowest BCUT2D eigenvalue weighted by molar-refractivity contribution is 0.000939. The van der Waals surface area contributed by atoms with Crippen LogP contribution in [0.15, 0.2) is 21.1 Å². The van der Waals surface area contributed by atoms with Gasteiger partial charge in [-0.1, -0.05) is 12.8 Å². The first-order chi connectivity index (χ1) is 8.54. The van der Waals surface area contributed by atoms with Crippen molar-refractivity contribution in [3.05, 3.63) is 26.6 Å². The third-order valence-electron chi connectivity index (χ3n) is 3.26. The number of hydrogen-bond acceptors (Lipinski definition) is 3. The fraction of sp³-hybridized carbons (Fsp3) is 0.538. The van der Waals surface area contributed by atoms with Gasteiger partial charge in [0.25, 0.3) is 0 Å². The van der Waals surface area contributed by atoms with Crippen LogP contribution in [0.5, 0.6) is 5.75 Å². The highest BCUT2D eigenvalue weighted by atomic mass is 79.9. The first-order valence-electron chi connectivity index (χ1n) is 5.98. The van der Waals surface area contributed by atoms with Gasteiger partial charge in [0.2, 0.25) is 0 Å². The highest BCUT2D eigenvalue weighted by Crippen LogP contribution is 2.37. The fourth-order valence-electron chi connectivity index (χ4n) is 2.23. The topological polar surface area (TPSA) is 49.7 Å². The van der Waals surface area contributed by atoms with Crippen molar-refractivity contribution in [1.82, 2.24) is 0 Å². The minimum Gasteiger partial charge on any atom is -0.488 e. The van der Waals surface area contributed by atoms with Crippen molar-refractivity contribution >= 4 is 31.9 Å². The van der Waals surface area contributed by atoms with Crippen molar-refractivity contribution in [2.45, 2.75) is 37.9 Å². The molecule has 2 rings (SSSR count). The summed E-state index contributed by atoms with van der Waals surface area (Å²) in [7, 11) is 0. The van der Waals surface area contributed by atoms with Crippen LogP contribution in [-0.2, 0) is 6.61 Å². The van der Waals surface area contributed by atoms with Gasteiger partial charge in [-0.05, 0) is 62.4 Å². The predicted octanol–water partition coefficient (Wildman–Crippen LogP) is 3.39. The van der Waals surface area contributed by atoms with E-state index in [-0.39, 0.29) is 6.61 Å². The molecule has 0 spiro atoms. The monoisotopic (exact) mass is 378 g/mol. The molecule has 1 fully saturated rings. The summed E-state index contributed by atoms with van der Waals surface area (Å²) in [4.78, 5) is 0. The van der Waals surface area contributed by atoms with Gasteiger partial charge >= 0.3 is 0 Å². The zero-order valence-electron chi connectivity index (χ0n) is 9.96. The molecule has 18 heavy (non-hydrogen) atoms. The normalized spacial score (nSPS) is 18.0. The maximum absolute atomic E-state index is 10.2. The zero-order chi connectivity index (χ0) is 13.2. The molecule has 3 nitrogen and oxygen atoms in total. The molecule has 0 amide bonds. The summed E-state index contributed by atoms with van der Waals surface area (Å²) in [6.45, 7) is 0.296. The van der Waals surface area contributed by atoms with E-state index in [9.17, 15) is 5.11 Å². The largest absolute Gasteiger partial charge is 0.488 e. The van der Waals surface area contributed by atoms with Gasteiger partial charge in [-0.3, -0.25) is 0 Å². The second kappa shape index (κ2) is 5.90. The van der Waals surface area contributed by atoms with E-state index in [0.29, 0.717) is 12.4 Å². The third-order valence-corrected chi connectivity index (χ3v) is 4.44. The Morgan fingerprint density at radius 2 is 1.72 bits per heavy atom. The molecular weight excluding hydrogens is 364 g/mol. The molecule has 0 unspecified atom stereocenters. The van der Waals surface area contributed by atoms with E-state index in [2.05, 4.69) is 31.9 Å². The zero-order valence-corrected chi connectivity index (χ0v) is 13.1. The minimum absolute atomic E-state index is 0.0125. The second-order valence-electron chi connectivity index (χ2n) is 4.77. The summed E-state index contributed by atoms with van der Waals surface area (Å²) in [5.41, 5.74) is 0.120. The highest BCUT2D eigenvalue weighted by molar-refractivity contribution is 9.11. The Hall–Kier alpha value is -0.100. The van der Waals surface area contributed by atoms with E-state index in [1.54, 1.807) is 0 Å². The number of halogens is 2. The minimum atomic E-state index is -0.686. The highest BCUT2D eigenvalue weighted by Gasteiger charge is 2.32.